The van der Waals surface area contributed by atoms with Crippen molar-refractivity contribution in [3.63, 3.8) is 0 Å². The Bertz CT molecular complexity index is 1200. The van der Waals surface area contributed by atoms with Crippen molar-refractivity contribution in [2.75, 3.05) is 10.6 Å². The van der Waals surface area contributed by atoms with Gasteiger partial charge in [0.1, 0.15) is 17.7 Å². The number of nitrogens with zero attached hydrogens (tertiary/aromatic N) is 3. The molecular formula is C24H18FN5. The molecule has 4 aromatic rings. The Morgan fingerprint density at radius 3 is 2.40 bits per heavy atom. The number of benzene rings is 3. The summed E-state index contributed by atoms with van der Waals surface area (Å²) < 4.78 is 14.0. The van der Waals surface area contributed by atoms with Crippen molar-refractivity contribution in [3.8, 4) is 17.3 Å². The molecule has 30 heavy (non-hydrogen) atoms. The predicted molar refractivity (Wildman–Crippen MR) is 116 cm³/mol. The first-order valence-corrected chi connectivity index (χ1v) is 9.41. The van der Waals surface area contributed by atoms with Gasteiger partial charge in [-0.2, -0.15) is 10.2 Å². The number of nitrogens with one attached hydrogen (secondary N) is 2. The summed E-state index contributed by atoms with van der Waals surface area (Å²) in [6.07, 6.45) is 0. The molecule has 146 valence electrons. The van der Waals surface area contributed by atoms with Crippen molar-refractivity contribution < 1.29 is 4.39 Å². The van der Waals surface area contributed by atoms with Crippen molar-refractivity contribution in [1.82, 2.24) is 9.97 Å². The number of anilines is 3. The number of nitriles is 1. The van der Waals surface area contributed by atoms with E-state index in [0.717, 1.165) is 5.56 Å². The van der Waals surface area contributed by atoms with E-state index in [9.17, 15) is 9.65 Å². The molecule has 0 aliphatic carbocycles. The zero-order valence-corrected chi connectivity index (χ0v) is 16.0. The summed E-state index contributed by atoms with van der Waals surface area (Å²) in [7, 11) is 0. The highest BCUT2D eigenvalue weighted by molar-refractivity contribution is 5.68. The average Bonchev–Trinajstić information content (AvgIpc) is 2.79. The Morgan fingerprint density at radius 2 is 1.60 bits per heavy atom. The van der Waals surface area contributed by atoms with Crippen molar-refractivity contribution in [2.45, 2.75) is 6.54 Å². The van der Waals surface area contributed by atoms with Crippen molar-refractivity contribution >= 4 is 17.5 Å². The van der Waals surface area contributed by atoms with Crippen LogP contribution in [-0.4, -0.2) is 9.97 Å². The van der Waals surface area contributed by atoms with Gasteiger partial charge in [0.15, 0.2) is 0 Å². The second-order valence-corrected chi connectivity index (χ2v) is 6.56. The summed E-state index contributed by atoms with van der Waals surface area (Å²) in [6.45, 7) is 0.284. The normalized spacial score (nSPS) is 10.3. The van der Waals surface area contributed by atoms with Crippen LogP contribution in [0.3, 0.4) is 0 Å². The summed E-state index contributed by atoms with van der Waals surface area (Å²) in [4.78, 5) is 9.11. The van der Waals surface area contributed by atoms with Crippen LogP contribution in [0.5, 0.6) is 0 Å². The summed E-state index contributed by atoms with van der Waals surface area (Å²) in [5.41, 5.74) is 3.28. The van der Waals surface area contributed by atoms with Crippen LogP contribution in [0.4, 0.5) is 21.8 Å². The van der Waals surface area contributed by atoms with Crippen LogP contribution in [0.2, 0.25) is 0 Å². The Hall–Kier alpha value is -4.24. The van der Waals surface area contributed by atoms with Crippen molar-refractivity contribution in [1.29, 1.82) is 5.26 Å². The van der Waals surface area contributed by atoms with Crippen molar-refractivity contribution in [2.24, 2.45) is 0 Å². The smallest absolute Gasteiger partial charge is 0.229 e. The quantitative estimate of drug-likeness (QED) is 0.450. The second kappa shape index (κ2) is 8.84. The van der Waals surface area contributed by atoms with Gasteiger partial charge in [0.25, 0.3) is 0 Å². The molecule has 3 aromatic carbocycles. The molecule has 5 nitrogen and oxygen atoms in total. The minimum absolute atomic E-state index is 0.274. The van der Waals surface area contributed by atoms with E-state index in [1.807, 2.05) is 42.5 Å². The molecule has 6 heteroatoms. The van der Waals surface area contributed by atoms with Gasteiger partial charge in [0, 0.05) is 23.7 Å². The highest BCUT2D eigenvalue weighted by Crippen LogP contribution is 2.24. The van der Waals surface area contributed by atoms with Crippen LogP contribution < -0.4 is 10.6 Å². The predicted octanol–water partition coefficient (Wildman–Crippen LogP) is 5.51. The third-order valence-electron chi connectivity index (χ3n) is 4.51. The van der Waals surface area contributed by atoms with E-state index >= 15 is 0 Å². The van der Waals surface area contributed by atoms with Gasteiger partial charge < -0.3 is 10.6 Å². The molecule has 0 aliphatic heterocycles. The van der Waals surface area contributed by atoms with Gasteiger partial charge >= 0.3 is 0 Å². The highest BCUT2D eigenvalue weighted by Gasteiger charge is 2.10. The van der Waals surface area contributed by atoms with E-state index in [0.29, 0.717) is 34.3 Å². The fourth-order valence-corrected chi connectivity index (χ4v) is 2.99. The molecule has 0 saturated heterocycles. The van der Waals surface area contributed by atoms with Gasteiger partial charge in [-0.3, -0.25) is 0 Å². The number of halogens is 1. The Labute approximate surface area is 173 Å². The molecule has 0 unspecified atom stereocenters. The molecule has 0 radical (unpaired) electrons. The molecule has 0 bridgehead atoms. The zero-order chi connectivity index (χ0) is 20.8. The maximum atomic E-state index is 14.0. The first-order chi connectivity index (χ1) is 14.7. The minimum Gasteiger partial charge on any atom is -0.366 e. The fourth-order valence-electron chi connectivity index (χ4n) is 2.99. The van der Waals surface area contributed by atoms with Gasteiger partial charge in [0.2, 0.25) is 5.95 Å². The maximum absolute atomic E-state index is 14.0. The molecule has 0 amide bonds. The Balaban J connectivity index is 1.68. The van der Waals surface area contributed by atoms with Gasteiger partial charge in [-0.15, -0.1) is 0 Å². The Morgan fingerprint density at radius 1 is 0.867 bits per heavy atom. The number of hydrogen-bond donors (Lipinski definition) is 2. The molecular weight excluding hydrogens is 377 g/mol. The standard InChI is InChI=1S/C24H18FN5/c25-20-12-6-4-11-19(20)16-27-23-14-22(17-8-2-1-3-9-17)29-24(30-23)28-21-13-7-5-10-18(21)15-26/h1-14H,16H2,(H2,27,28,29,30). The van der Waals surface area contributed by atoms with E-state index < -0.39 is 0 Å². The summed E-state index contributed by atoms with van der Waals surface area (Å²) in [5, 5.41) is 15.6. The van der Waals surface area contributed by atoms with Crippen LogP contribution >= 0.6 is 0 Å². The maximum Gasteiger partial charge on any atom is 0.229 e. The van der Waals surface area contributed by atoms with Crippen LogP contribution in [0.15, 0.2) is 84.9 Å². The van der Waals surface area contributed by atoms with E-state index in [1.54, 1.807) is 36.4 Å². The molecule has 4 rings (SSSR count). The lowest BCUT2D eigenvalue weighted by Gasteiger charge is -2.12. The monoisotopic (exact) mass is 395 g/mol. The lowest BCUT2D eigenvalue weighted by molar-refractivity contribution is 0.613. The van der Waals surface area contributed by atoms with E-state index in [4.69, 9.17) is 0 Å². The van der Waals surface area contributed by atoms with Gasteiger partial charge in [0.05, 0.1) is 16.9 Å². The zero-order valence-electron chi connectivity index (χ0n) is 16.0. The lowest BCUT2D eigenvalue weighted by atomic mass is 10.1. The van der Waals surface area contributed by atoms with E-state index in [-0.39, 0.29) is 12.4 Å². The summed E-state index contributed by atoms with van der Waals surface area (Å²) in [5.74, 6) is 0.614. The fraction of sp³-hybridized carbons (Fsp3) is 0.0417. The van der Waals surface area contributed by atoms with Gasteiger partial charge in [-0.1, -0.05) is 60.7 Å². The molecule has 1 aromatic heterocycles. The Kier molecular flexibility index (Phi) is 5.63. The minimum atomic E-state index is -0.274. The molecule has 0 aliphatic rings. The number of aromatic nitrogens is 2. The molecule has 2 N–H and O–H groups in total. The molecule has 1 heterocycles. The van der Waals surface area contributed by atoms with Crippen LogP contribution in [0, 0.1) is 17.1 Å². The molecule has 0 spiro atoms. The third kappa shape index (κ3) is 4.42. The topological polar surface area (TPSA) is 73.6 Å². The first-order valence-electron chi connectivity index (χ1n) is 9.41. The number of rotatable bonds is 6. The average molecular weight is 395 g/mol. The number of para-hydroxylation sites is 1. The van der Waals surface area contributed by atoms with Crippen LogP contribution in [-0.2, 0) is 6.54 Å². The first kappa shape index (κ1) is 19.1. The SMILES string of the molecule is N#Cc1ccccc1Nc1nc(NCc2ccccc2F)cc(-c2ccccc2)n1. The van der Waals surface area contributed by atoms with Crippen molar-refractivity contribution in [3.05, 3.63) is 102 Å². The van der Waals surface area contributed by atoms with Gasteiger partial charge in [-0.25, -0.2) is 9.37 Å². The van der Waals surface area contributed by atoms with Crippen LogP contribution in [0.1, 0.15) is 11.1 Å². The number of hydrogen-bond acceptors (Lipinski definition) is 5. The molecule has 0 fully saturated rings. The lowest BCUT2D eigenvalue weighted by Crippen LogP contribution is -2.07. The van der Waals surface area contributed by atoms with E-state index in [2.05, 4.69) is 26.7 Å². The summed E-state index contributed by atoms with van der Waals surface area (Å²) in [6, 6.07) is 27.4. The third-order valence-corrected chi connectivity index (χ3v) is 4.51. The van der Waals surface area contributed by atoms with Gasteiger partial charge in [-0.05, 0) is 18.2 Å². The highest BCUT2D eigenvalue weighted by atomic mass is 19.1. The summed E-state index contributed by atoms with van der Waals surface area (Å²) >= 11 is 0. The molecule has 0 atom stereocenters. The second-order valence-electron chi connectivity index (χ2n) is 6.56. The largest absolute Gasteiger partial charge is 0.366 e. The van der Waals surface area contributed by atoms with E-state index in [1.165, 1.54) is 6.07 Å². The van der Waals surface area contributed by atoms with Crippen LogP contribution in [0.25, 0.3) is 11.3 Å². The molecule has 0 saturated carbocycles.